The number of carbonyl (C=O) groups is 2. The van der Waals surface area contributed by atoms with Crippen molar-refractivity contribution in [2.75, 3.05) is 37.7 Å². The largest absolute Gasteiger partial charge is 0.478 e. The molecule has 6 rings (SSSR count). The Morgan fingerprint density at radius 3 is 2.43 bits per heavy atom. The Hall–Kier alpha value is -3.99. The zero-order valence-corrected chi connectivity index (χ0v) is 20.6. The normalized spacial score (nSPS) is 20.8. The van der Waals surface area contributed by atoms with Gasteiger partial charge in [0.1, 0.15) is 30.0 Å². The molecule has 2 aromatic rings. The number of benzene rings is 1. The van der Waals surface area contributed by atoms with Gasteiger partial charge in [-0.25, -0.2) is 14.0 Å². The molecule has 0 radical (unpaired) electrons. The third kappa shape index (κ3) is 3.64. The molecule has 10 nitrogen and oxygen atoms in total. The molecule has 1 aromatic heterocycles. The summed E-state index contributed by atoms with van der Waals surface area (Å²) in [7, 11) is 0. The van der Waals surface area contributed by atoms with E-state index < -0.39 is 23.2 Å². The lowest BCUT2D eigenvalue weighted by molar-refractivity contribution is -0.935. The summed E-state index contributed by atoms with van der Waals surface area (Å²) < 4.78 is 17.5. The predicted octanol–water partition coefficient (Wildman–Crippen LogP) is 2.72. The van der Waals surface area contributed by atoms with Gasteiger partial charge in [-0.05, 0) is 50.5 Å². The van der Waals surface area contributed by atoms with Crippen LogP contribution < -0.4 is 10.3 Å². The molecular formula is C26H27FN5O5+. The molecule has 1 saturated carbocycles. The summed E-state index contributed by atoms with van der Waals surface area (Å²) >= 11 is 0. The summed E-state index contributed by atoms with van der Waals surface area (Å²) in [5.41, 5.74) is 1.69. The molecule has 1 aromatic carbocycles. The van der Waals surface area contributed by atoms with Crippen LogP contribution in [0.4, 0.5) is 10.1 Å². The van der Waals surface area contributed by atoms with E-state index in [1.807, 2.05) is 22.8 Å². The first kappa shape index (κ1) is 23.4. The molecule has 0 bridgehead atoms. The monoisotopic (exact) mass is 508 g/mol. The van der Waals surface area contributed by atoms with E-state index in [4.69, 9.17) is 5.10 Å². The highest BCUT2D eigenvalue weighted by molar-refractivity contribution is 6.20. The number of hydrogen-bond acceptors (Lipinski definition) is 6. The molecule has 1 aliphatic carbocycles. The van der Waals surface area contributed by atoms with Crippen molar-refractivity contribution in [1.29, 1.82) is 0 Å². The van der Waals surface area contributed by atoms with Gasteiger partial charge in [0, 0.05) is 23.3 Å². The highest BCUT2D eigenvalue weighted by Crippen LogP contribution is 2.39. The van der Waals surface area contributed by atoms with Crippen molar-refractivity contribution in [2.24, 2.45) is 5.10 Å². The zero-order valence-electron chi connectivity index (χ0n) is 20.6. The molecule has 2 fully saturated rings. The molecule has 192 valence electrons. The maximum absolute atomic E-state index is 15.4. The molecule has 4 aliphatic rings. The van der Waals surface area contributed by atoms with Crippen molar-refractivity contribution >= 4 is 34.4 Å². The van der Waals surface area contributed by atoms with Crippen LogP contribution >= 0.6 is 0 Å². The number of piperazine rings is 1. The van der Waals surface area contributed by atoms with Gasteiger partial charge < -0.3 is 19.7 Å². The van der Waals surface area contributed by atoms with Gasteiger partial charge in [-0.15, -0.1) is 0 Å². The topological polar surface area (TPSA) is 115 Å². The Labute approximate surface area is 211 Å². The van der Waals surface area contributed by atoms with E-state index in [9.17, 15) is 24.6 Å². The predicted molar refractivity (Wildman–Crippen MR) is 134 cm³/mol. The van der Waals surface area contributed by atoms with Crippen molar-refractivity contribution in [3.63, 3.8) is 0 Å². The summed E-state index contributed by atoms with van der Waals surface area (Å²) in [4.78, 5) is 40.2. The molecule has 0 atom stereocenters. The fourth-order valence-electron chi connectivity index (χ4n) is 5.71. The molecule has 0 amide bonds. The van der Waals surface area contributed by atoms with Gasteiger partial charge in [0.05, 0.1) is 24.3 Å². The smallest absolute Gasteiger partial charge is 0.341 e. The highest BCUT2D eigenvalue weighted by Gasteiger charge is 2.46. The second-order valence-electron chi connectivity index (χ2n) is 10.3. The van der Waals surface area contributed by atoms with Gasteiger partial charge in [-0.3, -0.25) is 9.69 Å². The maximum Gasteiger partial charge on any atom is 0.341 e. The number of nitrogens with zero attached hydrogens (tertiary/aromatic N) is 5. The number of pyridine rings is 1. The van der Waals surface area contributed by atoms with E-state index in [0.29, 0.717) is 60.1 Å². The van der Waals surface area contributed by atoms with Gasteiger partial charge in [-0.2, -0.15) is 4.59 Å². The number of amidine groups is 1. The summed E-state index contributed by atoms with van der Waals surface area (Å²) in [6.45, 7) is 6.33. The second kappa shape index (κ2) is 8.01. The number of rotatable bonds is 4. The van der Waals surface area contributed by atoms with Crippen LogP contribution in [0.2, 0.25) is 0 Å². The Morgan fingerprint density at radius 2 is 1.81 bits per heavy atom. The molecule has 4 heterocycles. The standard InChI is InChI=1S/C26H26FN5O5/c1-14-9-15(2)31-13-32(28-24(31)22(14)26(36)37)7-5-29(6-8-32)21-11-20-17(10-19(21)27)23(33)18(25(34)35)12-30(20)16-3-4-16/h9-12,16H,3-8,13H2,1-2H3,(H-,34,35,36,37)/p+1. The van der Waals surface area contributed by atoms with Gasteiger partial charge in [0.2, 0.25) is 11.3 Å². The molecule has 1 saturated heterocycles. The van der Waals surface area contributed by atoms with Crippen molar-refractivity contribution in [2.45, 2.75) is 32.7 Å². The highest BCUT2D eigenvalue weighted by atomic mass is 19.1. The van der Waals surface area contributed by atoms with Crippen molar-refractivity contribution < 1.29 is 28.8 Å². The number of quaternary nitrogens is 1. The van der Waals surface area contributed by atoms with Gasteiger partial charge in [0.25, 0.3) is 0 Å². The van der Waals surface area contributed by atoms with Crippen LogP contribution in [0.5, 0.6) is 0 Å². The summed E-state index contributed by atoms with van der Waals surface area (Å²) in [5.74, 6) is -2.42. The van der Waals surface area contributed by atoms with Crippen LogP contribution in [0.1, 0.15) is 43.1 Å². The average molecular weight is 509 g/mol. The number of hydrogen-bond donors (Lipinski definition) is 2. The van der Waals surface area contributed by atoms with Crippen molar-refractivity contribution in [3.8, 4) is 0 Å². The van der Waals surface area contributed by atoms with Gasteiger partial charge in [-0.1, -0.05) is 5.10 Å². The number of aliphatic carboxylic acids is 1. The number of allylic oxidation sites excluding steroid dienone is 3. The summed E-state index contributed by atoms with van der Waals surface area (Å²) in [6.07, 6.45) is 5.00. The number of halogens is 1. The van der Waals surface area contributed by atoms with E-state index in [0.717, 1.165) is 24.6 Å². The van der Waals surface area contributed by atoms with E-state index in [2.05, 4.69) is 0 Å². The SMILES string of the molecule is CC1=CC(C)=C(C(=O)O)C2=N[N+]3(CCN(c4cc5c(cc4F)c(=O)c(C(=O)O)cn5C4CC4)CC3)CN12. The zero-order chi connectivity index (χ0) is 26.2. The molecule has 11 heteroatoms. The first-order chi connectivity index (χ1) is 17.6. The molecule has 0 unspecified atom stereocenters. The molecule has 37 heavy (non-hydrogen) atoms. The molecule has 1 spiro atoms. The fraction of sp³-hybridized carbons (Fsp3) is 0.385. The first-order valence-corrected chi connectivity index (χ1v) is 12.3. The number of aromatic carboxylic acids is 1. The minimum Gasteiger partial charge on any atom is -0.478 e. The fourth-order valence-corrected chi connectivity index (χ4v) is 5.71. The second-order valence-corrected chi connectivity index (χ2v) is 10.3. The number of fused-ring (bicyclic) bond motifs is 2. The summed E-state index contributed by atoms with van der Waals surface area (Å²) in [6, 6.07) is 2.92. The van der Waals surface area contributed by atoms with Gasteiger partial charge >= 0.3 is 11.9 Å². The molecular weight excluding hydrogens is 481 g/mol. The number of carboxylic acid groups (broad SMARTS) is 2. The van der Waals surface area contributed by atoms with Crippen LogP contribution in [-0.4, -0.2) is 74.9 Å². The van der Waals surface area contributed by atoms with Crippen LogP contribution in [-0.2, 0) is 4.79 Å². The number of carboxylic acids is 2. The van der Waals surface area contributed by atoms with E-state index in [-0.39, 0.29) is 22.6 Å². The van der Waals surface area contributed by atoms with Crippen LogP contribution in [0.15, 0.2) is 51.1 Å². The lowest BCUT2D eigenvalue weighted by Gasteiger charge is -2.39. The third-order valence-corrected chi connectivity index (χ3v) is 7.83. The minimum atomic E-state index is -1.32. The average Bonchev–Trinajstić information content (AvgIpc) is 3.61. The molecule has 3 aliphatic heterocycles. The maximum atomic E-state index is 15.4. The van der Waals surface area contributed by atoms with E-state index >= 15 is 4.39 Å². The Bertz CT molecular complexity index is 1540. The van der Waals surface area contributed by atoms with Crippen LogP contribution in [0.25, 0.3) is 10.9 Å². The Kier molecular flexibility index (Phi) is 5.07. The lowest BCUT2D eigenvalue weighted by atomic mass is 10.0. The Morgan fingerprint density at radius 1 is 1.11 bits per heavy atom. The van der Waals surface area contributed by atoms with Gasteiger partial charge in [0.15, 0.2) is 6.67 Å². The summed E-state index contributed by atoms with van der Waals surface area (Å²) in [5, 5.41) is 24.2. The minimum absolute atomic E-state index is 0.0713. The number of aromatic nitrogens is 1. The molecule has 2 N–H and O–H groups in total. The van der Waals surface area contributed by atoms with Crippen molar-refractivity contribution in [3.05, 3.63) is 62.9 Å². The third-order valence-electron chi connectivity index (χ3n) is 7.83. The quantitative estimate of drug-likeness (QED) is 0.610. The van der Waals surface area contributed by atoms with Crippen LogP contribution in [0.3, 0.4) is 0 Å². The number of anilines is 1. The van der Waals surface area contributed by atoms with Crippen LogP contribution in [0, 0.1) is 5.82 Å². The lowest BCUT2D eigenvalue weighted by Crippen LogP contribution is -2.57. The van der Waals surface area contributed by atoms with Crippen molar-refractivity contribution in [1.82, 2.24) is 9.47 Å². The van der Waals surface area contributed by atoms with E-state index in [1.54, 1.807) is 17.6 Å². The van der Waals surface area contributed by atoms with E-state index in [1.165, 1.54) is 6.20 Å². The Balaban J connectivity index is 1.33. The first-order valence-electron chi connectivity index (χ1n) is 12.3.